The van der Waals surface area contributed by atoms with Crippen LogP contribution in [0.25, 0.3) is 0 Å². The van der Waals surface area contributed by atoms with Crippen LogP contribution < -0.4 is 5.32 Å². The molecule has 1 unspecified atom stereocenters. The first-order valence-corrected chi connectivity index (χ1v) is 8.20. The number of nitrogens with zero attached hydrogens (tertiary/aromatic N) is 1. The molecule has 2 rings (SSSR count). The van der Waals surface area contributed by atoms with Crippen LogP contribution in [0.1, 0.15) is 30.9 Å². The largest absolute Gasteiger partial charge is 0.383 e. The summed E-state index contributed by atoms with van der Waals surface area (Å²) in [5.74, 6) is 0.895. The topological polar surface area (TPSA) is 24.5 Å². The summed E-state index contributed by atoms with van der Waals surface area (Å²) in [6.07, 6.45) is 3.89. The van der Waals surface area contributed by atoms with Gasteiger partial charge in [0.25, 0.3) is 0 Å². The van der Waals surface area contributed by atoms with E-state index in [0.29, 0.717) is 6.04 Å². The van der Waals surface area contributed by atoms with Gasteiger partial charge < -0.3 is 10.1 Å². The van der Waals surface area contributed by atoms with Crippen molar-refractivity contribution in [2.45, 2.75) is 38.8 Å². The highest BCUT2D eigenvalue weighted by molar-refractivity contribution is 5.27. The predicted molar refractivity (Wildman–Crippen MR) is 88.5 cm³/mol. The lowest BCUT2D eigenvalue weighted by Gasteiger charge is -2.30. The fraction of sp³-hybridized carbons (Fsp3) is 0.667. The zero-order chi connectivity index (χ0) is 15.1. The van der Waals surface area contributed by atoms with Crippen molar-refractivity contribution in [2.24, 2.45) is 5.92 Å². The van der Waals surface area contributed by atoms with Gasteiger partial charge in [0.2, 0.25) is 0 Å². The predicted octanol–water partition coefficient (Wildman–Crippen LogP) is 2.70. The van der Waals surface area contributed by atoms with E-state index in [9.17, 15) is 0 Å². The van der Waals surface area contributed by atoms with E-state index >= 15 is 0 Å². The number of rotatable bonds is 10. The van der Waals surface area contributed by atoms with E-state index in [1.54, 1.807) is 7.11 Å². The summed E-state index contributed by atoms with van der Waals surface area (Å²) < 4.78 is 5.30. The van der Waals surface area contributed by atoms with E-state index in [1.165, 1.54) is 24.0 Å². The molecule has 21 heavy (non-hydrogen) atoms. The van der Waals surface area contributed by atoms with Gasteiger partial charge in [0.15, 0.2) is 0 Å². The molecule has 0 aromatic heterocycles. The van der Waals surface area contributed by atoms with Crippen LogP contribution in [0.15, 0.2) is 24.3 Å². The molecule has 1 fully saturated rings. The average molecular weight is 290 g/mol. The van der Waals surface area contributed by atoms with Crippen LogP contribution in [-0.4, -0.2) is 44.8 Å². The van der Waals surface area contributed by atoms with E-state index in [4.69, 9.17) is 4.74 Å². The van der Waals surface area contributed by atoms with Crippen molar-refractivity contribution < 1.29 is 4.74 Å². The third-order valence-corrected chi connectivity index (χ3v) is 4.60. The smallest absolute Gasteiger partial charge is 0.0589 e. The van der Waals surface area contributed by atoms with Crippen LogP contribution in [-0.2, 0) is 17.7 Å². The zero-order valence-corrected chi connectivity index (χ0v) is 13.8. The van der Waals surface area contributed by atoms with Crippen LogP contribution in [0, 0.1) is 5.92 Å². The van der Waals surface area contributed by atoms with E-state index in [-0.39, 0.29) is 0 Å². The minimum atomic E-state index is 0.664. The van der Waals surface area contributed by atoms with Crippen molar-refractivity contribution in [3.05, 3.63) is 35.4 Å². The number of hydrogen-bond acceptors (Lipinski definition) is 3. The third-order valence-electron chi connectivity index (χ3n) is 4.60. The van der Waals surface area contributed by atoms with Gasteiger partial charge >= 0.3 is 0 Å². The molecule has 1 aromatic carbocycles. The maximum absolute atomic E-state index is 5.30. The summed E-state index contributed by atoms with van der Waals surface area (Å²) in [5, 5.41) is 3.25. The van der Waals surface area contributed by atoms with Crippen LogP contribution in [0.2, 0.25) is 0 Å². The molecule has 1 aromatic rings. The number of hydrogen-bond donors (Lipinski definition) is 1. The fourth-order valence-corrected chi connectivity index (χ4v) is 2.95. The van der Waals surface area contributed by atoms with Crippen molar-refractivity contribution in [3.63, 3.8) is 0 Å². The molecule has 0 amide bonds. The number of methoxy groups -OCH3 is 1. The van der Waals surface area contributed by atoms with Crippen molar-refractivity contribution in [2.75, 3.05) is 33.9 Å². The molecule has 1 atom stereocenters. The summed E-state index contributed by atoms with van der Waals surface area (Å²) in [7, 11) is 3.81. The molecule has 0 saturated heterocycles. The lowest BCUT2D eigenvalue weighted by molar-refractivity contribution is 0.111. The molecule has 3 nitrogen and oxygen atoms in total. The first kappa shape index (κ1) is 16.5. The molecule has 0 aliphatic heterocycles. The number of ether oxygens (including phenoxy) is 1. The summed E-state index contributed by atoms with van der Waals surface area (Å²) >= 11 is 0. The maximum atomic E-state index is 5.30. The van der Waals surface area contributed by atoms with Gasteiger partial charge in [-0.1, -0.05) is 24.3 Å². The monoisotopic (exact) mass is 290 g/mol. The second-order valence-electron chi connectivity index (χ2n) is 6.16. The fourth-order valence-electron chi connectivity index (χ4n) is 2.95. The van der Waals surface area contributed by atoms with Gasteiger partial charge in [-0.25, -0.2) is 0 Å². The highest BCUT2D eigenvalue weighted by Crippen LogP contribution is 2.35. The Bertz CT molecular complexity index is 417. The molecule has 1 saturated carbocycles. The van der Waals surface area contributed by atoms with Crippen LogP contribution in [0.4, 0.5) is 0 Å². The Kier molecular flexibility index (Phi) is 6.68. The van der Waals surface area contributed by atoms with E-state index in [0.717, 1.165) is 38.6 Å². The molecule has 118 valence electrons. The van der Waals surface area contributed by atoms with Gasteiger partial charge in [-0.15, -0.1) is 0 Å². The average Bonchev–Trinajstić information content (AvgIpc) is 3.34. The first-order valence-electron chi connectivity index (χ1n) is 8.20. The quantitative estimate of drug-likeness (QED) is 0.717. The summed E-state index contributed by atoms with van der Waals surface area (Å²) in [6.45, 7) is 6.29. The second kappa shape index (κ2) is 8.52. The van der Waals surface area contributed by atoms with Gasteiger partial charge in [0.05, 0.1) is 6.61 Å². The third kappa shape index (κ3) is 5.10. The van der Waals surface area contributed by atoms with E-state index in [2.05, 4.69) is 41.4 Å². The molecule has 0 spiro atoms. The van der Waals surface area contributed by atoms with Crippen LogP contribution >= 0.6 is 0 Å². The molecule has 0 heterocycles. The summed E-state index contributed by atoms with van der Waals surface area (Å²) in [5.41, 5.74) is 2.94. The Labute approximate surface area is 129 Å². The maximum Gasteiger partial charge on any atom is 0.0589 e. The number of likely N-dealkylation sites (N-methyl/N-ethyl adjacent to an activating group) is 1. The highest BCUT2D eigenvalue weighted by Gasteiger charge is 2.31. The minimum absolute atomic E-state index is 0.664. The molecule has 3 heteroatoms. The lowest BCUT2D eigenvalue weighted by Crippen LogP contribution is -2.37. The molecule has 1 aliphatic rings. The lowest BCUT2D eigenvalue weighted by atomic mass is 10.0. The Morgan fingerprint density at radius 1 is 1.29 bits per heavy atom. The van der Waals surface area contributed by atoms with Crippen LogP contribution in [0.3, 0.4) is 0 Å². The second-order valence-corrected chi connectivity index (χ2v) is 6.16. The molecular formula is C18H30N2O. The molecule has 0 radical (unpaired) electrons. The van der Waals surface area contributed by atoms with Crippen molar-refractivity contribution in [1.82, 2.24) is 10.2 Å². The van der Waals surface area contributed by atoms with Crippen LogP contribution in [0.5, 0.6) is 0 Å². The van der Waals surface area contributed by atoms with Gasteiger partial charge in [0.1, 0.15) is 0 Å². The normalized spacial score (nSPS) is 16.4. The van der Waals surface area contributed by atoms with Crippen molar-refractivity contribution >= 4 is 0 Å². The molecule has 0 bridgehead atoms. The highest BCUT2D eigenvalue weighted by atomic mass is 16.5. The van der Waals surface area contributed by atoms with Gasteiger partial charge in [-0.05, 0) is 56.8 Å². The molecular weight excluding hydrogens is 260 g/mol. The Morgan fingerprint density at radius 2 is 2.00 bits per heavy atom. The van der Waals surface area contributed by atoms with E-state index in [1.807, 2.05) is 7.05 Å². The number of nitrogens with one attached hydrogen (secondary N) is 1. The van der Waals surface area contributed by atoms with E-state index < -0.39 is 0 Å². The summed E-state index contributed by atoms with van der Waals surface area (Å²) in [6, 6.07) is 9.53. The minimum Gasteiger partial charge on any atom is -0.383 e. The zero-order valence-electron chi connectivity index (χ0n) is 13.8. The Balaban J connectivity index is 2.04. The first-order chi connectivity index (χ1) is 10.3. The SMILES string of the molecule is CNCCc1ccccc1CN(CCOC)C(C)C1CC1. The van der Waals surface area contributed by atoms with Gasteiger partial charge in [0, 0.05) is 26.2 Å². The molecule has 1 aliphatic carbocycles. The number of benzene rings is 1. The Morgan fingerprint density at radius 3 is 2.62 bits per heavy atom. The van der Waals surface area contributed by atoms with Crippen molar-refractivity contribution in [3.8, 4) is 0 Å². The Hall–Kier alpha value is -0.900. The standard InChI is InChI=1S/C18H30N2O/c1-15(16-8-9-16)20(12-13-21-3)14-18-7-5-4-6-17(18)10-11-19-2/h4-7,15-16,19H,8-14H2,1-3H3. The van der Waals surface area contributed by atoms with Gasteiger partial charge in [-0.3, -0.25) is 4.90 Å². The van der Waals surface area contributed by atoms with Gasteiger partial charge in [-0.2, -0.15) is 0 Å². The molecule has 1 N–H and O–H groups in total. The summed E-state index contributed by atoms with van der Waals surface area (Å²) in [4.78, 5) is 2.60. The van der Waals surface area contributed by atoms with Crippen molar-refractivity contribution in [1.29, 1.82) is 0 Å².